The van der Waals surface area contributed by atoms with Crippen molar-refractivity contribution < 1.29 is 9.53 Å². The Balaban J connectivity index is 2.20. The number of hydrogen-bond acceptors (Lipinski definition) is 2. The molecule has 2 aromatic rings. The fraction of sp³-hybridized carbons (Fsp3) is 0.133. The van der Waals surface area contributed by atoms with Gasteiger partial charge in [-0.05, 0) is 42.0 Å². The van der Waals surface area contributed by atoms with Gasteiger partial charge in [-0.1, -0.05) is 45.2 Å². The minimum Gasteiger partial charge on any atom is -0.457 e. The second kappa shape index (κ2) is 7.11. The van der Waals surface area contributed by atoms with Crippen LogP contribution < -0.4 is 4.74 Å². The van der Waals surface area contributed by atoms with Crippen molar-refractivity contribution in [2.24, 2.45) is 0 Å². The molecule has 0 aliphatic rings. The van der Waals surface area contributed by atoms with Crippen molar-refractivity contribution in [3.8, 4) is 11.5 Å². The average molecular weight is 374 g/mol. The van der Waals surface area contributed by atoms with E-state index in [2.05, 4.69) is 15.9 Å². The Morgan fingerprint density at radius 3 is 2.30 bits per heavy atom. The number of aldehydes is 1. The molecule has 0 bridgehead atoms. The number of ether oxygens (including phenoxy) is 1. The monoisotopic (exact) mass is 372 g/mol. The number of hydrogen-bond donors (Lipinski definition) is 0. The quantitative estimate of drug-likeness (QED) is 0.513. The molecule has 2 aromatic carbocycles. The second-order valence-electron chi connectivity index (χ2n) is 4.14. The summed E-state index contributed by atoms with van der Waals surface area (Å²) in [5.41, 5.74) is 0.780. The third-order valence-electron chi connectivity index (χ3n) is 2.75. The van der Waals surface area contributed by atoms with Crippen molar-refractivity contribution >= 4 is 45.4 Å². The van der Waals surface area contributed by atoms with Crippen molar-refractivity contribution in [2.45, 2.75) is 5.92 Å². The van der Waals surface area contributed by atoms with Gasteiger partial charge in [0.05, 0.1) is 5.92 Å². The number of carbonyl (C=O) groups is 1. The van der Waals surface area contributed by atoms with Crippen molar-refractivity contribution in [3.05, 3.63) is 58.1 Å². The van der Waals surface area contributed by atoms with Crippen molar-refractivity contribution in [1.29, 1.82) is 0 Å². The Morgan fingerprint density at radius 1 is 1.10 bits per heavy atom. The molecule has 20 heavy (non-hydrogen) atoms. The van der Waals surface area contributed by atoms with Gasteiger partial charge in [-0.2, -0.15) is 0 Å². The van der Waals surface area contributed by atoms with Crippen molar-refractivity contribution in [3.63, 3.8) is 0 Å². The molecule has 0 spiro atoms. The molecule has 2 nitrogen and oxygen atoms in total. The van der Waals surface area contributed by atoms with Gasteiger partial charge < -0.3 is 9.53 Å². The largest absolute Gasteiger partial charge is 0.457 e. The zero-order valence-corrected chi connectivity index (χ0v) is 13.5. The fourth-order valence-corrected chi connectivity index (χ4v) is 2.64. The lowest BCUT2D eigenvalue weighted by atomic mass is 10.0. The zero-order valence-electron chi connectivity index (χ0n) is 10.4. The summed E-state index contributed by atoms with van der Waals surface area (Å²) in [6.45, 7) is 0. The molecule has 0 aromatic heterocycles. The highest BCUT2D eigenvalue weighted by Crippen LogP contribution is 2.31. The van der Waals surface area contributed by atoms with E-state index in [4.69, 9.17) is 27.9 Å². The topological polar surface area (TPSA) is 26.3 Å². The van der Waals surface area contributed by atoms with Crippen LogP contribution in [0.2, 0.25) is 10.0 Å². The summed E-state index contributed by atoms with van der Waals surface area (Å²) < 4.78 is 5.67. The summed E-state index contributed by atoms with van der Waals surface area (Å²) in [6, 6.07) is 12.3. The summed E-state index contributed by atoms with van der Waals surface area (Å²) in [4.78, 5) is 11.0. The SMILES string of the molecule is O=CC(CBr)c1ccc(Oc2ccc(Cl)cc2)cc1Cl. The smallest absolute Gasteiger partial charge is 0.128 e. The molecule has 0 N–H and O–H groups in total. The first-order valence-electron chi connectivity index (χ1n) is 5.88. The molecule has 0 heterocycles. The lowest BCUT2D eigenvalue weighted by Gasteiger charge is -2.11. The van der Waals surface area contributed by atoms with Crippen LogP contribution in [0.4, 0.5) is 0 Å². The molecule has 0 amide bonds. The van der Waals surface area contributed by atoms with E-state index in [9.17, 15) is 4.79 Å². The molecule has 0 aliphatic carbocycles. The normalized spacial score (nSPS) is 11.9. The highest BCUT2D eigenvalue weighted by molar-refractivity contribution is 9.09. The van der Waals surface area contributed by atoms with Gasteiger partial charge in [0.15, 0.2) is 0 Å². The van der Waals surface area contributed by atoms with E-state index in [-0.39, 0.29) is 5.92 Å². The lowest BCUT2D eigenvalue weighted by molar-refractivity contribution is -0.108. The van der Waals surface area contributed by atoms with Gasteiger partial charge in [0.1, 0.15) is 17.8 Å². The van der Waals surface area contributed by atoms with Gasteiger partial charge in [-0.3, -0.25) is 0 Å². The number of benzene rings is 2. The molecule has 5 heteroatoms. The van der Waals surface area contributed by atoms with Crippen LogP contribution in [-0.4, -0.2) is 11.6 Å². The van der Waals surface area contributed by atoms with Gasteiger partial charge in [-0.25, -0.2) is 0 Å². The molecule has 0 radical (unpaired) electrons. The Morgan fingerprint density at radius 2 is 1.75 bits per heavy atom. The summed E-state index contributed by atoms with van der Waals surface area (Å²) in [7, 11) is 0. The second-order valence-corrected chi connectivity index (χ2v) is 5.63. The predicted molar refractivity (Wildman–Crippen MR) is 85.6 cm³/mol. The van der Waals surface area contributed by atoms with Crippen LogP contribution in [0.5, 0.6) is 11.5 Å². The van der Waals surface area contributed by atoms with Gasteiger partial charge in [-0.15, -0.1) is 0 Å². The molecule has 0 saturated carbocycles. The molecule has 104 valence electrons. The van der Waals surface area contributed by atoms with E-state index in [1.165, 1.54) is 0 Å². The minimum atomic E-state index is -0.257. The van der Waals surface area contributed by atoms with Crippen LogP contribution in [0.1, 0.15) is 11.5 Å². The van der Waals surface area contributed by atoms with Crippen molar-refractivity contribution in [2.75, 3.05) is 5.33 Å². The van der Waals surface area contributed by atoms with E-state index in [0.29, 0.717) is 26.9 Å². The highest BCUT2D eigenvalue weighted by Gasteiger charge is 2.13. The Bertz CT molecular complexity index is 599. The average Bonchev–Trinajstić information content (AvgIpc) is 2.45. The summed E-state index contributed by atoms with van der Waals surface area (Å²) in [6.07, 6.45) is 0.871. The minimum absolute atomic E-state index is 0.257. The first-order valence-corrected chi connectivity index (χ1v) is 7.76. The third-order valence-corrected chi connectivity index (χ3v) is 4.03. The lowest BCUT2D eigenvalue weighted by Crippen LogP contribution is -2.02. The van der Waals surface area contributed by atoms with Gasteiger partial charge in [0.2, 0.25) is 0 Å². The van der Waals surface area contributed by atoms with Gasteiger partial charge >= 0.3 is 0 Å². The van der Waals surface area contributed by atoms with E-state index < -0.39 is 0 Å². The first kappa shape index (κ1) is 15.4. The maximum atomic E-state index is 11.0. The van der Waals surface area contributed by atoms with E-state index in [1.807, 2.05) is 0 Å². The van der Waals surface area contributed by atoms with Crippen LogP contribution in [0.15, 0.2) is 42.5 Å². The van der Waals surface area contributed by atoms with E-state index >= 15 is 0 Å². The molecular formula is C15H11BrCl2O2. The standard InChI is InChI=1S/C15H11BrCl2O2/c16-8-10(9-19)14-6-5-13(7-15(14)18)20-12-3-1-11(17)2-4-12/h1-7,9-10H,8H2. The molecule has 0 saturated heterocycles. The zero-order chi connectivity index (χ0) is 14.5. The number of alkyl halides is 1. The van der Waals surface area contributed by atoms with Gasteiger partial charge in [0.25, 0.3) is 0 Å². The summed E-state index contributed by atoms with van der Waals surface area (Å²) >= 11 is 15.3. The number of rotatable bonds is 5. The van der Waals surface area contributed by atoms with Crippen molar-refractivity contribution in [1.82, 2.24) is 0 Å². The van der Waals surface area contributed by atoms with E-state index in [1.54, 1.807) is 42.5 Å². The number of carbonyl (C=O) groups excluding carboxylic acids is 1. The first-order chi connectivity index (χ1) is 9.63. The highest BCUT2D eigenvalue weighted by atomic mass is 79.9. The van der Waals surface area contributed by atoms with Crippen LogP contribution in [0.25, 0.3) is 0 Å². The Labute approximate surface area is 135 Å². The molecule has 0 aliphatic heterocycles. The number of halogens is 3. The van der Waals surface area contributed by atoms with Crippen LogP contribution in [0.3, 0.4) is 0 Å². The third kappa shape index (κ3) is 3.75. The van der Waals surface area contributed by atoms with Crippen LogP contribution in [-0.2, 0) is 4.79 Å². The maximum absolute atomic E-state index is 11.0. The predicted octanol–water partition coefficient (Wildman–Crippen LogP) is 5.46. The molecular weight excluding hydrogens is 363 g/mol. The van der Waals surface area contributed by atoms with E-state index in [0.717, 1.165) is 11.8 Å². The molecule has 0 fully saturated rings. The fourth-order valence-electron chi connectivity index (χ4n) is 1.70. The van der Waals surface area contributed by atoms with Crippen LogP contribution in [0, 0.1) is 0 Å². The maximum Gasteiger partial charge on any atom is 0.128 e. The summed E-state index contributed by atoms with van der Waals surface area (Å²) in [5, 5.41) is 1.69. The Hall–Kier alpha value is -1.03. The van der Waals surface area contributed by atoms with Gasteiger partial charge in [0, 0.05) is 15.4 Å². The Kier molecular flexibility index (Phi) is 5.46. The molecule has 1 unspecified atom stereocenters. The molecule has 1 atom stereocenters. The van der Waals surface area contributed by atoms with Crippen LogP contribution >= 0.6 is 39.1 Å². The summed E-state index contributed by atoms with van der Waals surface area (Å²) in [5.74, 6) is 1.03. The molecule has 2 rings (SSSR count).